The van der Waals surface area contributed by atoms with Gasteiger partial charge in [-0.05, 0) is 11.6 Å². The molecule has 0 atom stereocenters. The van der Waals surface area contributed by atoms with Crippen LogP contribution in [0.5, 0.6) is 0 Å². The third kappa shape index (κ3) is 5.46. The van der Waals surface area contributed by atoms with E-state index in [0.29, 0.717) is 24.7 Å². The van der Waals surface area contributed by atoms with E-state index in [0.717, 1.165) is 11.8 Å². The van der Waals surface area contributed by atoms with Crippen LogP contribution in [-0.4, -0.2) is 27.8 Å². The Bertz CT molecular complexity index is 434. The van der Waals surface area contributed by atoms with Crippen LogP contribution in [0, 0.1) is 0 Å². The van der Waals surface area contributed by atoms with Gasteiger partial charge in [-0.1, -0.05) is 29.8 Å². The first kappa shape index (κ1) is 13.4. The summed E-state index contributed by atoms with van der Waals surface area (Å²) in [6, 6.07) is 7.54. The van der Waals surface area contributed by atoms with Crippen molar-refractivity contribution in [3.8, 4) is 0 Å². The average molecular weight is 263 g/mol. The molecule has 0 aromatic heterocycles. The highest BCUT2D eigenvalue weighted by molar-refractivity contribution is 7.88. The summed E-state index contributed by atoms with van der Waals surface area (Å²) in [6.07, 6.45) is 1.14. The molecule has 0 radical (unpaired) electrons. The standard InChI is InChI=1S/C10H15ClN2O2S/c1-16(14,15)13-7-6-12-8-9-4-2-3-5-10(9)11/h2-5,12-13H,6-8H2,1H3. The maximum atomic E-state index is 10.8. The molecule has 4 nitrogen and oxygen atoms in total. The summed E-state index contributed by atoms with van der Waals surface area (Å²) in [7, 11) is -3.09. The second-order valence-electron chi connectivity index (χ2n) is 3.43. The third-order valence-corrected chi connectivity index (χ3v) is 3.04. The van der Waals surface area contributed by atoms with Gasteiger partial charge in [0.05, 0.1) is 6.26 Å². The lowest BCUT2D eigenvalue weighted by Gasteiger charge is -2.06. The van der Waals surface area contributed by atoms with Crippen LogP contribution in [0.15, 0.2) is 24.3 Å². The molecule has 6 heteroatoms. The average Bonchev–Trinajstić information content (AvgIpc) is 2.18. The predicted molar refractivity (Wildman–Crippen MR) is 66.0 cm³/mol. The lowest BCUT2D eigenvalue weighted by Crippen LogP contribution is -2.30. The lowest BCUT2D eigenvalue weighted by molar-refractivity contribution is 0.582. The van der Waals surface area contributed by atoms with Gasteiger partial charge in [-0.3, -0.25) is 0 Å². The molecule has 0 aliphatic carbocycles. The molecule has 0 bridgehead atoms. The number of nitrogens with one attached hydrogen (secondary N) is 2. The lowest BCUT2D eigenvalue weighted by atomic mass is 10.2. The van der Waals surface area contributed by atoms with Crippen LogP contribution in [0.3, 0.4) is 0 Å². The molecule has 0 unspecified atom stereocenters. The number of hydrogen-bond acceptors (Lipinski definition) is 3. The minimum Gasteiger partial charge on any atom is -0.311 e. The van der Waals surface area contributed by atoms with Crippen molar-refractivity contribution < 1.29 is 8.42 Å². The van der Waals surface area contributed by atoms with E-state index in [1.807, 2.05) is 24.3 Å². The minimum absolute atomic E-state index is 0.378. The number of halogens is 1. The van der Waals surface area contributed by atoms with E-state index in [1.165, 1.54) is 0 Å². The number of hydrogen-bond donors (Lipinski definition) is 2. The topological polar surface area (TPSA) is 58.2 Å². The Morgan fingerprint density at radius 3 is 2.56 bits per heavy atom. The predicted octanol–water partition coefficient (Wildman–Crippen LogP) is 0.979. The van der Waals surface area contributed by atoms with Crippen molar-refractivity contribution in [2.75, 3.05) is 19.3 Å². The molecule has 1 rings (SSSR count). The van der Waals surface area contributed by atoms with E-state index in [2.05, 4.69) is 10.0 Å². The highest BCUT2D eigenvalue weighted by Gasteiger charge is 2.00. The molecular weight excluding hydrogens is 248 g/mol. The fraction of sp³-hybridized carbons (Fsp3) is 0.400. The fourth-order valence-corrected chi connectivity index (χ4v) is 1.87. The third-order valence-electron chi connectivity index (χ3n) is 1.94. The van der Waals surface area contributed by atoms with Crippen LogP contribution in [0.25, 0.3) is 0 Å². The Kier molecular flexibility index (Phi) is 5.21. The molecule has 0 heterocycles. The Balaban J connectivity index is 2.24. The van der Waals surface area contributed by atoms with E-state index >= 15 is 0 Å². The summed E-state index contributed by atoms with van der Waals surface area (Å²) < 4.78 is 23.9. The molecule has 1 aromatic carbocycles. The van der Waals surface area contributed by atoms with Crippen molar-refractivity contribution in [2.24, 2.45) is 0 Å². The van der Waals surface area contributed by atoms with Gasteiger partial charge in [-0.2, -0.15) is 0 Å². The zero-order valence-electron chi connectivity index (χ0n) is 9.03. The van der Waals surface area contributed by atoms with Crippen molar-refractivity contribution in [3.63, 3.8) is 0 Å². The molecule has 0 saturated heterocycles. The summed E-state index contributed by atoms with van der Waals surface area (Å²) in [4.78, 5) is 0. The SMILES string of the molecule is CS(=O)(=O)NCCNCc1ccccc1Cl. The number of rotatable bonds is 6. The maximum absolute atomic E-state index is 10.8. The van der Waals surface area contributed by atoms with Crippen LogP contribution in [0.4, 0.5) is 0 Å². The monoisotopic (exact) mass is 262 g/mol. The van der Waals surface area contributed by atoms with Crippen LogP contribution < -0.4 is 10.0 Å². The van der Waals surface area contributed by atoms with Gasteiger partial charge in [0.1, 0.15) is 0 Å². The van der Waals surface area contributed by atoms with Crippen LogP contribution in [-0.2, 0) is 16.6 Å². The minimum atomic E-state index is -3.09. The van der Waals surface area contributed by atoms with Crippen LogP contribution in [0.2, 0.25) is 5.02 Å². The van der Waals surface area contributed by atoms with Gasteiger partial charge < -0.3 is 5.32 Å². The molecule has 1 aromatic rings. The number of sulfonamides is 1. The summed E-state index contributed by atoms with van der Waals surface area (Å²) in [5.41, 5.74) is 1.00. The molecule has 0 aliphatic heterocycles. The smallest absolute Gasteiger partial charge is 0.208 e. The Labute approximate surface area is 101 Å². The van der Waals surface area contributed by atoms with E-state index in [1.54, 1.807) is 0 Å². The van der Waals surface area contributed by atoms with Gasteiger partial charge in [0.25, 0.3) is 0 Å². The molecule has 0 amide bonds. The van der Waals surface area contributed by atoms with Crippen molar-refractivity contribution in [2.45, 2.75) is 6.54 Å². The van der Waals surface area contributed by atoms with Crippen molar-refractivity contribution >= 4 is 21.6 Å². The highest BCUT2D eigenvalue weighted by Crippen LogP contribution is 2.13. The van der Waals surface area contributed by atoms with Gasteiger partial charge >= 0.3 is 0 Å². The molecule has 16 heavy (non-hydrogen) atoms. The second-order valence-corrected chi connectivity index (χ2v) is 5.67. The van der Waals surface area contributed by atoms with E-state index in [-0.39, 0.29) is 0 Å². The molecule has 0 saturated carbocycles. The van der Waals surface area contributed by atoms with E-state index < -0.39 is 10.0 Å². The molecule has 0 fully saturated rings. The first-order chi connectivity index (χ1) is 7.49. The summed E-state index contributed by atoms with van der Waals surface area (Å²) in [6.45, 7) is 1.58. The second kappa shape index (κ2) is 6.20. The molecule has 0 aliphatic rings. The van der Waals surface area contributed by atoms with Crippen molar-refractivity contribution in [1.29, 1.82) is 0 Å². The summed E-state index contributed by atoms with van der Waals surface area (Å²) in [5.74, 6) is 0. The van der Waals surface area contributed by atoms with Gasteiger partial charge in [-0.25, -0.2) is 13.1 Å². The normalized spacial score (nSPS) is 11.6. The first-order valence-corrected chi connectivity index (χ1v) is 7.15. The molecule has 0 spiro atoms. The van der Waals surface area contributed by atoms with E-state index in [9.17, 15) is 8.42 Å². The number of benzene rings is 1. The molecular formula is C10H15ClN2O2S. The summed E-state index contributed by atoms with van der Waals surface area (Å²) in [5, 5.41) is 3.82. The zero-order chi connectivity index (χ0) is 12.0. The Hall–Kier alpha value is -0.620. The van der Waals surface area contributed by atoms with Crippen LogP contribution in [0.1, 0.15) is 5.56 Å². The van der Waals surface area contributed by atoms with Gasteiger partial charge in [0, 0.05) is 24.7 Å². The van der Waals surface area contributed by atoms with Gasteiger partial charge in [-0.15, -0.1) is 0 Å². The van der Waals surface area contributed by atoms with Gasteiger partial charge in [0.15, 0.2) is 0 Å². The zero-order valence-corrected chi connectivity index (χ0v) is 10.6. The molecule has 2 N–H and O–H groups in total. The summed E-state index contributed by atoms with van der Waals surface area (Å²) >= 11 is 5.96. The first-order valence-electron chi connectivity index (χ1n) is 4.88. The molecule has 90 valence electrons. The maximum Gasteiger partial charge on any atom is 0.208 e. The fourth-order valence-electron chi connectivity index (χ4n) is 1.19. The van der Waals surface area contributed by atoms with Crippen molar-refractivity contribution in [1.82, 2.24) is 10.0 Å². The van der Waals surface area contributed by atoms with Crippen LogP contribution >= 0.6 is 11.6 Å². The largest absolute Gasteiger partial charge is 0.311 e. The Morgan fingerprint density at radius 2 is 1.94 bits per heavy atom. The van der Waals surface area contributed by atoms with E-state index in [4.69, 9.17) is 11.6 Å². The Morgan fingerprint density at radius 1 is 1.25 bits per heavy atom. The van der Waals surface area contributed by atoms with Crippen molar-refractivity contribution in [3.05, 3.63) is 34.9 Å². The van der Waals surface area contributed by atoms with Gasteiger partial charge in [0.2, 0.25) is 10.0 Å². The highest BCUT2D eigenvalue weighted by atomic mass is 35.5. The quantitative estimate of drug-likeness (QED) is 0.752.